The molecule has 1 aliphatic heterocycles. The Morgan fingerprint density at radius 3 is 3.00 bits per heavy atom. The standard InChI is InChI=1S/C10H12ClFN2/c11-8-2-1-5-14(7-8)10-4-3-9(12)6-13-10/h3-4,6,8H,1-2,5,7H2. The van der Waals surface area contributed by atoms with Gasteiger partial charge in [0.1, 0.15) is 11.6 Å². The van der Waals surface area contributed by atoms with Crippen molar-refractivity contribution in [3.63, 3.8) is 0 Å². The van der Waals surface area contributed by atoms with Crippen LogP contribution in [-0.4, -0.2) is 23.5 Å². The molecule has 0 N–H and O–H groups in total. The molecule has 14 heavy (non-hydrogen) atoms. The predicted molar refractivity (Wildman–Crippen MR) is 55.3 cm³/mol. The lowest BCUT2D eigenvalue weighted by Gasteiger charge is -2.30. The van der Waals surface area contributed by atoms with Gasteiger partial charge in [0.25, 0.3) is 0 Å². The molecule has 0 radical (unpaired) electrons. The van der Waals surface area contributed by atoms with Crippen LogP contribution in [-0.2, 0) is 0 Å². The van der Waals surface area contributed by atoms with Gasteiger partial charge >= 0.3 is 0 Å². The van der Waals surface area contributed by atoms with Gasteiger partial charge in [-0.1, -0.05) is 0 Å². The summed E-state index contributed by atoms with van der Waals surface area (Å²) >= 11 is 6.05. The maximum absolute atomic E-state index is 12.6. The van der Waals surface area contributed by atoms with Crippen LogP contribution in [0.5, 0.6) is 0 Å². The van der Waals surface area contributed by atoms with E-state index in [1.807, 2.05) is 0 Å². The molecule has 76 valence electrons. The largest absolute Gasteiger partial charge is 0.355 e. The fourth-order valence-electron chi connectivity index (χ4n) is 1.69. The first kappa shape index (κ1) is 9.71. The summed E-state index contributed by atoms with van der Waals surface area (Å²) in [5.41, 5.74) is 0. The first-order valence-corrected chi connectivity index (χ1v) is 5.20. The second kappa shape index (κ2) is 4.13. The van der Waals surface area contributed by atoms with Crippen LogP contribution >= 0.6 is 11.6 Å². The highest BCUT2D eigenvalue weighted by Crippen LogP contribution is 2.20. The monoisotopic (exact) mass is 214 g/mol. The highest BCUT2D eigenvalue weighted by atomic mass is 35.5. The third kappa shape index (κ3) is 2.15. The highest BCUT2D eigenvalue weighted by molar-refractivity contribution is 6.21. The molecule has 1 fully saturated rings. The first-order chi connectivity index (χ1) is 6.75. The normalized spacial score (nSPS) is 22.4. The Kier molecular flexibility index (Phi) is 2.87. The van der Waals surface area contributed by atoms with Crippen LogP contribution in [0.2, 0.25) is 0 Å². The summed E-state index contributed by atoms with van der Waals surface area (Å²) in [6, 6.07) is 3.13. The van der Waals surface area contributed by atoms with Crippen molar-refractivity contribution in [3.8, 4) is 0 Å². The topological polar surface area (TPSA) is 16.1 Å². The minimum absolute atomic E-state index is 0.190. The molecule has 2 heterocycles. The van der Waals surface area contributed by atoms with Crippen molar-refractivity contribution in [2.45, 2.75) is 18.2 Å². The van der Waals surface area contributed by atoms with Crippen LogP contribution < -0.4 is 4.90 Å². The first-order valence-electron chi connectivity index (χ1n) is 4.76. The molecule has 4 heteroatoms. The van der Waals surface area contributed by atoms with Gasteiger partial charge in [-0.3, -0.25) is 0 Å². The Balaban J connectivity index is 2.10. The summed E-state index contributed by atoms with van der Waals surface area (Å²) in [6.45, 7) is 1.77. The molecule has 1 unspecified atom stereocenters. The molecule has 1 atom stereocenters. The maximum Gasteiger partial charge on any atom is 0.141 e. The second-order valence-corrected chi connectivity index (χ2v) is 4.14. The number of nitrogens with zero attached hydrogens (tertiary/aromatic N) is 2. The number of alkyl halides is 1. The van der Waals surface area contributed by atoms with Crippen molar-refractivity contribution in [1.82, 2.24) is 4.98 Å². The average Bonchev–Trinajstić information content (AvgIpc) is 2.19. The van der Waals surface area contributed by atoms with E-state index in [1.54, 1.807) is 6.07 Å². The lowest BCUT2D eigenvalue weighted by molar-refractivity contribution is 0.576. The smallest absolute Gasteiger partial charge is 0.141 e. The number of rotatable bonds is 1. The quantitative estimate of drug-likeness (QED) is 0.668. The van der Waals surface area contributed by atoms with E-state index in [4.69, 9.17) is 11.6 Å². The number of aromatic nitrogens is 1. The molecule has 0 spiro atoms. The van der Waals surface area contributed by atoms with E-state index in [0.717, 1.165) is 31.7 Å². The van der Waals surface area contributed by atoms with Crippen LogP contribution in [0.4, 0.5) is 10.2 Å². The molecule has 2 rings (SSSR count). The van der Waals surface area contributed by atoms with Crippen LogP contribution in [0.15, 0.2) is 18.3 Å². The van der Waals surface area contributed by atoms with Crippen molar-refractivity contribution in [2.75, 3.05) is 18.0 Å². The Hall–Kier alpha value is -0.830. The second-order valence-electron chi connectivity index (χ2n) is 3.52. The minimum atomic E-state index is -0.298. The van der Waals surface area contributed by atoms with E-state index in [1.165, 1.54) is 12.3 Å². The molecule has 0 bridgehead atoms. The summed E-state index contributed by atoms with van der Waals surface area (Å²) in [4.78, 5) is 6.13. The number of hydrogen-bond acceptors (Lipinski definition) is 2. The lowest BCUT2D eigenvalue weighted by Crippen LogP contribution is -2.36. The Morgan fingerprint density at radius 2 is 2.36 bits per heavy atom. The lowest BCUT2D eigenvalue weighted by atomic mass is 10.1. The number of piperidine rings is 1. The van der Waals surface area contributed by atoms with Gasteiger partial charge in [-0.25, -0.2) is 9.37 Å². The van der Waals surface area contributed by atoms with Crippen LogP contribution in [0.3, 0.4) is 0 Å². The number of pyridine rings is 1. The van der Waals surface area contributed by atoms with Crippen LogP contribution in [0.25, 0.3) is 0 Å². The summed E-state index contributed by atoms with van der Waals surface area (Å²) in [5, 5.41) is 0.190. The fourth-order valence-corrected chi connectivity index (χ4v) is 2.01. The minimum Gasteiger partial charge on any atom is -0.355 e. The van der Waals surface area contributed by atoms with E-state index in [0.29, 0.717) is 0 Å². The zero-order chi connectivity index (χ0) is 9.97. The molecular formula is C10H12ClFN2. The van der Waals surface area contributed by atoms with Gasteiger partial charge in [0.2, 0.25) is 0 Å². The zero-order valence-electron chi connectivity index (χ0n) is 7.79. The van der Waals surface area contributed by atoms with Crippen molar-refractivity contribution >= 4 is 17.4 Å². The molecule has 1 aromatic rings. The highest BCUT2D eigenvalue weighted by Gasteiger charge is 2.18. The maximum atomic E-state index is 12.6. The van der Waals surface area contributed by atoms with Crippen molar-refractivity contribution in [1.29, 1.82) is 0 Å². The number of anilines is 1. The van der Waals surface area contributed by atoms with Crippen LogP contribution in [0, 0.1) is 5.82 Å². The van der Waals surface area contributed by atoms with Gasteiger partial charge in [-0.05, 0) is 25.0 Å². The van der Waals surface area contributed by atoms with Crippen LogP contribution in [0.1, 0.15) is 12.8 Å². The molecule has 0 amide bonds. The van der Waals surface area contributed by atoms with E-state index < -0.39 is 0 Å². The molecule has 2 nitrogen and oxygen atoms in total. The third-order valence-electron chi connectivity index (χ3n) is 2.40. The third-order valence-corrected chi connectivity index (χ3v) is 2.76. The number of hydrogen-bond donors (Lipinski definition) is 0. The summed E-state index contributed by atoms with van der Waals surface area (Å²) in [6.07, 6.45) is 3.37. The fraction of sp³-hybridized carbons (Fsp3) is 0.500. The Morgan fingerprint density at radius 1 is 1.50 bits per heavy atom. The van der Waals surface area contributed by atoms with Crippen molar-refractivity contribution in [3.05, 3.63) is 24.1 Å². The Bertz CT molecular complexity index is 301. The molecular weight excluding hydrogens is 203 g/mol. The van der Waals surface area contributed by atoms with E-state index >= 15 is 0 Å². The van der Waals surface area contributed by atoms with Gasteiger partial charge in [0, 0.05) is 13.1 Å². The average molecular weight is 215 g/mol. The van der Waals surface area contributed by atoms with E-state index in [2.05, 4.69) is 9.88 Å². The van der Waals surface area contributed by atoms with E-state index in [9.17, 15) is 4.39 Å². The van der Waals surface area contributed by atoms with E-state index in [-0.39, 0.29) is 11.2 Å². The number of halogens is 2. The molecule has 0 saturated carbocycles. The summed E-state index contributed by atoms with van der Waals surface area (Å²) < 4.78 is 12.6. The molecule has 0 aromatic carbocycles. The molecule has 1 aliphatic rings. The van der Waals surface area contributed by atoms with Crippen molar-refractivity contribution < 1.29 is 4.39 Å². The van der Waals surface area contributed by atoms with Gasteiger partial charge in [0.15, 0.2) is 0 Å². The predicted octanol–water partition coefficient (Wildman–Crippen LogP) is 2.43. The van der Waals surface area contributed by atoms with Gasteiger partial charge < -0.3 is 4.90 Å². The molecule has 1 aromatic heterocycles. The molecule has 0 aliphatic carbocycles. The van der Waals surface area contributed by atoms with Gasteiger partial charge in [-0.15, -0.1) is 11.6 Å². The Labute approximate surface area is 87.7 Å². The van der Waals surface area contributed by atoms with Gasteiger partial charge in [-0.2, -0.15) is 0 Å². The zero-order valence-corrected chi connectivity index (χ0v) is 8.54. The SMILES string of the molecule is Fc1ccc(N2CCCC(Cl)C2)nc1. The summed E-state index contributed by atoms with van der Waals surface area (Å²) in [5.74, 6) is 0.518. The summed E-state index contributed by atoms with van der Waals surface area (Å²) in [7, 11) is 0. The van der Waals surface area contributed by atoms with Gasteiger partial charge in [0.05, 0.1) is 11.6 Å². The molecule has 1 saturated heterocycles. The van der Waals surface area contributed by atoms with Crippen molar-refractivity contribution in [2.24, 2.45) is 0 Å².